The van der Waals surface area contributed by atoms with Crippen molar-refractivity contribution in [2.75, 3.05) is 26.4 Å². The lowest BCUT2D eigenvalue weighted by atomic mass is 10.1. The summed E-state index contributed by atoms with van der Waals surface area (Å²) in [6.07, 6.45) is 71.7. The van der Waals surface area contributed by atoms with Crippen LogP contribution >= 0.6 is 7.82 Å². The van der Waals surface area contributed by atoms with E-state index in [1.54, 1.807) is 0 Å². The monoisotopic (exact) mass is 1110 g/mol. The molecular formula is C66H111O11P. The van der Waals surface area contributed by atoms with Gasteiger partial charge in [-0.05, 0) is 128 Å². The molecule has 0 rings (SSSR count). The van der Waals surface area contributed by atoms with Gasteiger partial charge in [-0.25, -0.2) is 4.57 Å². The number of esters is 3. The highest BCUT2D eigenvalue weighted by Gasteiger charge is 2.28. The number of carbonyl (C=O) groups excluding carboxylic acids is 3. The zero-order valence-electron chi connectivity index (χ0n) is 49.3. The van der Waals surface area contributed by atoms with Gasteiger partial charge in [0.05, 0.1) is 19.8 Å². The number of aliphatic hydroxyl groups is 1. The largest absolute Gasteiger partial charge is 0.472 e. The molecule has 446 valence electrons. The van der Waals surface area contributed by atoms with E-state index in [0.29, 0.717) is 19.3 Å². The van der Waals surface area contributed by atoms with Gasteiger partial charge < -0.3 is 24.2 Å². The number of unbranched alkanes of at least 4 members (excludes halogenated alkanes) is 21. The van der Waals surface area contributed by atoms with E-state index in [0.717, 1.165) is 148 Å². The lowest BCUT2D eigenvalue weighted by molar-refractivity contribution is -0.161. The molecule has 0 bridgehead atoms. The molecule has 12 heteroatoms. The standard InChI is InChI=1S/C66H111O11P/c1-4-7-10-13-16-19-22-25-28-30-31-33-36-39-42-45-48-51-54-57-66(70)77-63(59-73-64(68)55-52-49-46-43-40-37-34-27-24-21-18-15-12-9-6-3)61-75-78(71,72)74-60-62(58-67)76-65(69)56-53-50-47-44-41-38-35-32-29-26-23-20-17-14-11-8-5-2/h8,11,16-21,25-29,31,33-35,38,62-63,67H,4-7,9-10,12-15,22-24,30,32,36-37,39-61H2,1-3H3,(H,71,72)/b11-8-,19-16-,20-17-,21-18-,28-25-,29-26-,33-31-,34-27-,38-35-. The number of phosphoric acid groups is 1. The summed E-state index contributed by atoms with van der Waals surface area (Å²) in [6, 6.07) is 0. The molecule has 2 N–H and O–H groups in total. The first kappa shape index (κ1) is 74.1. The van der Waals surface area contributed by atoms with Crippen LogP contribution in [-0.2, 0) is 42.2 Å². The van der Waals surface area contributed by atoms with E-state index < -0.39 is 57.8 Å². The normalized spacial score (nSPS) is 14.1. The first-order chi connectivity index (χ1) is 38.2. The highest BCUT2D eigenvalue weighted by molar-refractivity contribution is 7.47. The first-order valence-electron chi connectivity index (χ1n) is 30.8. The van der Waals surface area contributed by atoms with Crippen molar-refractivity contribution in [2.24, 2.45) is 0 Å². The summed E-state index contributed by atoms with van der Waals surface area (Å²) < 4.78 is 39.6. The van der Waals surface area contributed by atoms with Crippen molar-refractivity contribution < 1.29 is 52.2 Å². The summed E-state index contributed by atoms with van der Waals surface area (Å²) in [6.45, 7) is 4.43. The Hall–Kier alpha value is -3.86. The molecule has 3 unspecified atom stereocenters. The average molecular weight is 1110 g/mol. The topological polar surface area (TPSA) is 155 Å². The van der Waals surface area contributed by atoms with Crippen LogP contribution in [0, 0.1) is 0 Å². The van der Waals surface area contributed by atoms with E-state index in [2.05, 4.69) is 130 Å². The molecule has 0 aromatic carbocycles. The van der Waals surface area contributed by atoms with Crippen molar-refractivity contribution in [3.63, 3.8) is 0 Å². The zero-order chi connectivity index (χ0) is 56.9. The fraction of sp³-hybridized carbons (Fsp3) is 0.682. The molecule has 0 saturated carbocycles. The van der Waals surface area contributed by atoms with Crippen LogP contribution < -0.4 is 0 Å². The summed E-state index contributed by atoms with van der Waals surface area (Å²) in [5.74, 6) is -1.52. The first-order valence-corrected chi connectivity index (χ1v) is 32.3. The second-order valence-corrected chi connectivity index (χ2v) is 21.6. The van der Waals surface area contributed by atoms with Crippen LogP contribution in [0.5, 0.6) is 0 Å². The van der Waals surface area contributed by atoms with Crippen LogP contribution in [0.2, 0.25) is 0 Å². The minimum Gasteiger partial charge on any atom is -0.462 e. The van der Waals surface area contributed by atoms with Crippen LogP contribution in [-0.4, -0.2) is 66.5 Å². The molecule has 0 amide bonds. The number of hydrogen-bond acceptors (Lipinski definition) is 10. The Morgan fingerprint density at radius 3 is 1.03 bits per heavy atom. The second-order valence-electron chi connectivity index (χ2n) is 20.1. The van der Waals surface area contributed by atoms with E-state index in [4.69, 9.17) is 23.3 Å². The van der Waals surface area contributed by atoms with E-state index in [1.807, 2.05) is 0 Å². The maximum absolute atomic E-state index is 12.9. The Labute approximate surface area is 475 Å². The third-order valence-corrected chi connectivity index (χ3v) is 13.6. The van der Waals surface area contributed by atoms with Crippen molar-refractivity contribution >= 4 is 25.7 Å². The molecule has 78 heavy (non-hydrogen) atoms. The molecule has 0 aliphatic carbocycles. The predicted molar refractivity (Wildman–Crippen MR) is 325 cm³/mol. The summed E-state index contributed by atoms with van der Waals surface area (Å²) >= 11 is 0. The molecule has 0 spiro atoms. The molecule has 0 heterocycles. The van der Waals surface area contributed by atoms with Gasteiger partial charge in [-0.1, -0.05) is 214 Å². The van der Waals surface area contributed by atoms with E-state index in [1.165, 1.54) is 44.9 Å². The summed E-state index contributed by atoms with van der Waals surface area (Å²) in [5.41, 5.74) is 0. The number of ether oxygens (including phenoxy) is 3. The zero-order valence-corrected chi connectivity index (χ0v) is 50.2. The fourth-order valence-electron chi connectivity index (χ4n) is 7.97. The Kier molecular flexibility index (Phi) is 56.3. The maximum Gasteiger partial charge on any atom is 0.472 e. The fourth-order valence-corrected chi connectivity index (χ4v) is 8.76. The van der Waals surface area contributed by atoms with Gasteiger partial charge in [-0.15, -0.1) is 0 Å². The van der Waals surface area contributed by atoms with Crippen LogP contribution in [0.1, 0.15) is 252 Å². The van der Waals surface area contributed by atoms with Crippen LogP contribution in [0.4, 0.5) is 0 Å². The molecule has 0 saturated heterocycles. The maximum atomic E-state index is 12.9. The van der Waals surface area contributed by atoms with Gasteiger partial charge >= 0.3 is 25.7 Å². The molecule has 11 nitrogen and oxygen atoms in total. The minimum absolute atomic E-state index is 0.142. The molecule has 0 aromatic heterocycles. The van der Waals surface area contributed by atoms with Crippen molar-refractivity contribution in [3.05, 3.63) is 109 Å². The smallest absolute Gasteiger partial charge is 0.462 e. The van der Waals surface area contributed by atoms with E-state index in [-0.39, 0.29) is 25.9 Å². The van der Waals surface area contributed by atoms with Gasteiger partial charge in [0.2, 0.25) is 0 Å². The Morgan fingerprint density at radius 2 is 0.667 bits per heavy atom. The number of rotatable bonds is 56. The lowest BCUT2D eigenvalue weighted by Gasteiger charge is -2.21. The predicted octanol–water partition coefficient (Wildman–Crippen LogP) is 18.6. The van der Waals surface area contributed by atoms with Crippen molar-refractivity contribution in [2.45, 2.75) is 264 Å². The molecule has 0 aliphatic heterocycles. The van der Waals surface area contributed by atoms with E-state index >= 15 is 0 Å². The number of allylic oxidation sites excluding steroid dienone is 18. The number of hydrogen-bond donors (Lipinski definition) is 2. The van der Waals surface area contributed by atoms with Crippen LogP contribution in [0.25, 0.3) is 0 Å². The minimum atomic E-state index is -4.77. The van der Waals surface area contributed by atoms with Crippen molar-refractivity contribution in [1.29, 1.82) is 0 Å². The summed E-state index contributed by atoms with van der Waals surface area (Å²) in [4.78, 5) is 48.7. The average Bonchev–Trinajstić information content (AvgIpc) is 3.43. The number of phosphoric ester groups is 1. The molecule has 0 aromatic rings. The lowest BCUT2D eigenvalue weighted by Crippen LogP contribution is -2.30. The third-order valence-electron chi connectivity index (χ3n) is 12.6. The van der Waals surface area contributed by atoms with E-state index in [9.17, 15) is 28.9 Å². The molecule has 0 radical (unpaired) electrons. The molecule has 3 atom stereocenters. The highest BCUT2D eigenvalue weighted by atomic mass is 31.2. The number of aliphatic hydroxyl groups excluding tert-OH is 1. The van der Waals surface area contributed by atoms with Crippen molar-refractivity contribution in [3.8, 4) is 0 Å². The van der Waals surface area contributed by atoms with Gasteiger partial charge in [-0.2, -0.15) is 0 Å². The van der Waals surface area contributed by atoms with Gasteiger partial charge in [0.1, 0.15) is 12.7 Å². The molecular weight excluding hydrogens is 1000 g/mol. The van der Waals surface area contributed by atoms with Gasteiger partial charge in [0.15, 0.2) is 6.10 Å². The van der Waals surface area contributed by atoms with Gasteiger partial charge in [0, 0.05) is 19.3 Å². The van der Waals surface area contributed by atoms with Crippen molar-refractivity contribution in [1.82, 2.24) is 0 Å². The van der Waals surface area contributed by atoms with Gasteiger partial charge in [-0.3, -0.25) is 23.4 Å². The highest BCUT2D eigenvalue weighted by Crippen LogP contribution is 2.43. The molecule has 0 aliphatic rings. The summed E-state index contributed by atoms with van der Waals surface area (Å²) in [5, 5.41) is 9.84. The van der Waals surface area contributed by atoms with Crippen LogP contribution in [0.15, 0.2) is 109 Å². The summed E-state index contributed by atoms with van der Waals surface area (Å²) in [7, 11) is -4.77. The second kappa shape index (κ2) is 59.3. The molecule has 0 fully saturated rings. The SMILES string of the molecule is CC/C=C\C/C=C\C/C=C\C/C=C\CCCCCCC(=O)OC(CO)COP(=O)(O)OCC(COC(=O)CCCCCCC/C=C\C/C=C\CCCCC)OC(=O)CCCCCCCC/C=C\C/C=C\C/C=C\CCCCC. The van der Waals surface area contributed by atoms with Crippen LogP contribution in [0.3, 0.4) is 0 Å². The van der Waals surface area contributed by atoms with Gasteiger partial charge in [0.25, 0.3) is 0 Å². The third kappa shape index (κ3) is 56.8. The number of carbonyl (C=O) groups is 3. The quantitative estimate of drug-likeness (QED) is 0.0197. The Morgan fingerprint density at radius 1 is 0.372 bits per heavy atom. The Bertz CT molecular complexity index is 1720. The Balaban J connectivity index is 4.79.